The third-order valence-corrected chi connectivity index (χ3v) is 5.02. The van der Waals surface area contributed by atoms with Crippen LogP contribution in [-0.2, 0) is 12.8 Å². The van der Waals surface area contributed by atoms with Crippen LogP contribution in [0.1, 0.15) is 27.9 Å². The predicted octanol–water partition coefficient (Wildman–Crippen LogP) is 6.61. The van der Waals surface area contributed by atoms with Crippen molar-refractivity contribution < 1.29 is 9.90 Å². The van der Waals surface area contributed by atoms with Gasteiger partial charge >= 0.3 is 5.97 Å². The molecule has 0 heterocycles. The van der Waals surface area contributed by atoms with E-state index in [0.29, 0.717) is 15.7 Å². The maximum absolute atomic E-state index is 11.3. The topological polar surface area (TPSA) is 49.3 Å². The Kier molecular flexibility index (Phi) is 6.38. The molecule has 3 nitrogen and oxygen atoms in total. The number of benzene rings is 3. The number of para-hydroxylation sites is 1. The summed E-state index contributed by atoms with van der Waals surface area (Å²) in [7, 11) is 0. The van der Waals surface area contributed by atoms with Crippen molar-refractivity contribution >= 4 is 40.5 Å². The van der Waals surface area contributed by atoms with E-state index in [2.05, 4.69) is 11.4 Å². The third kappa shape index (κ3) is 5.25. The van der Waals surface area contributed by atoms with Gasteiger partial charge in [0, 0.05) is 5.69 Å². The lowest BCUT2D eigenvalue weighted by Gasteiger charge is -2.11. The normalized spacial score (nSPS) is 10.6. The van der Waals surface area contributed by atoms with Gasteiger partial charge in [0.2, 0.25) is 0 Å². The summed E-state index contributed by atoms with van der Waals surface area (Å²) < 4.78 is 0. The number of carbonyl (C=O) groups is 1. The minimum absolute atomic E-state index is 0.252. The lowest BCUT2D eigenvalue weighted by atomic mass is 10.0. The van der Waals surface area contributed by atoms with Gasteiger partial charge in [-0.15, -0.1) is 0 Å². The number of anilines is 2. The number of hydrogen-bond acceptors (Lipinski definition) is 2. The van der Waals surface area contributed by atoms with E-state index >= 15 is 0 Å². The Labute approximate surface area is 168 Å². The molecule has 0 atom stereocenters. The highest BCUT2D eigenvalue weighted by Crippen LogP contribution is 2.24. The molecule has 0 radical (unpaired) electrons. The number of aromatic carboxylic acids is 1. The summed E-state index contributed by atoms with van der Waals surface area (Å²) in [5, 5.41) is 13.7. The van der Waals surface area contributed by atoms with E-state index in [9.17, 15) is 9.90 Å². The number of halogens is 2. The molecule has 0 amide bonds. The van der Waals surface area contributed by atoms with E-state index in [1.165, 1.54) is 5.56 Å². The van der Waals surface area contributed by atoms with Crippen LogP contribution in [-0.4, -0.2) is 11.1 Å². The van der Waals surface area contributed by atoms with Gasteiger partial charge in [0.1, 0.15) is 0 Å². The SMILES string of the molecule is O=C(O)c1ccccc1Nc1cccc(CCCc2ccc(Cl)c(Cl)c2)c1. The van der Waals surface area contributed by atoms with Crippen molar-refractivity contribution in [1.29, 1.82) is 0 Å². The van der Waals surface area contributed by atoms with Crippen LogP contribution >= 0.6 is 23.2 Å². The Balaban J connectivity index is 1.64. The summed E-state index contributed by atoms with van der Waals surface area (Å²) >= 11 is 12.0. The first-order valence-corrected chi connectivity index (χ1v) is 9.41. The largest absolute Gasteiger partial charge is 0.478 e. The van der Waals surface area contributed by atoms with Crippen LogP contribution in [0.3, 0.4) is 0 Å². The van der Waals surface area contributed by atoms with Gasteiger partial charge in [0.15, 0.2) is 0 Å². The van der Waals surface area contributed by atoms with Crippen LogP contribution < -0.4 is 5.32 Å². The van der Waals surface area contributed by atoms with Crippen molar-refractivity contribution in [3.05, 3.63) is 93.5 Å². The molecule has 3 rings (SSSR count). The highest BCUT2D eigenvalue weighted by molar-refractivity contribution is 6.42. The zero-order valence-electron chi connectivity index (χ0n) is 14.6. The van der Waals surface area contributed by atoms with Crippen LogP contribution in [0.4, 0.5) is 11.4 Å². The molecule has 3 aromatic rings. The van der Waals surface area contributed by atoms with Crippen molar-refractivity contribution in [2.45, 2.75) is 19.3 Å². The molecule has 2 N–H and O–H groups in total. The van der Waals surface area contributed by atoms with Gasteiger partial charge in [-0.05, 0) is 66.8 Å². The van der Waals surface area contributed by atoms with Gasteiger partial charge < -0.3 is 10.4 Å². The minimum Gasteiger partial charge on any atom is -0.478 e. The molecule has 3 aromatic carbocycles. The first-order valence-electron chi connectivity index (χ1n) is 8.65. The quantitative estimate of drug-likeness (QED) is 0.469. The monoisotopic (exact) mass is 399 g/mol. The van der Waals surface area contributed by atoms with Crippen LogP contribution in [0.2, 0.25) is 10.0 Å². The number of aryl methyl sites for hydroxylation is 2. The Morgan fingerprint density at radius 1 is 0.852 bits per heavy atom. The average Bonchev–Trinajstić information content (AvgIpc) is 2.65. The van der Waals surface area contributed by atoms with Gasteiger partial charge in [-0.1, -0.05) is 53.5 Å². The highest BCUT2D eigenvalue weighted by atomic mass is 35.5. The van der Waals surface area contributed by atoms with Crippen LogP contribution in [0, 0.1) is 0 Å². The van der Waals surface area contributed by atoms with Crippen molar-refractivity contribution in [1.82, 2.24) is 0 Å². The standard InChI is InChI=1S/C22H19Cl2NO2/c23-19-12-11-16(14-20(19)24)6-3-5-15-7-4-8-17(13-15)25-21-10-2-1-9-18(21)22(26)27/h1-2,4,7-14,25H,3,5-6H2,(H,26,27). The van der Waals surface area contributed by atoms with Crippen molar-refractivity contribution in [2.24, 2.45) is 0 Å². The lowest BCUT2D eigenvalue weighted by molar-refractivity contribution is 0.0698. The molecular weight excluding hydrogens is 381 g/mol. The number of carboxylic acids is 1. The first-order chi connectivity index (χ1) is 13.0. The summed E-state index contributed by atoms with van der Waals surface area (Å²) in [6.45, 7) is 0. The van der Waals surface area contributed by atoms with Gasteiger partial charge in [-0.3, -0.25) is 0 Å². The summed E-state index contributed by atoms with van der Waals surface area (Å²) in [6, 6.07) is 20.6. The molecule has 5 heteroatoms. The molecule has 0 aliphatic heterocycles. The molecule has 0 bridgehead atoms. The minimum atomic E-state index is -0.948. The van der Waals surface area contributed by atoms with E-state index in [0.717, 1.165) is 30.5 Å². The zero-order valence-corrected chi connectivity index (χ0v) is 16.1. The zero-order chi connectivity index (χ0) is 19.2. The lowest BCUT2D eigenvalue weighted by Crippen LogP contribution is -2.02. The molecule has 0 aromatic heterocycles. The Bertz CT molecular complexity index is 957. The van der Waals surface area contributed by atoms with E-state index < -0.39 is 5.97 Å². The van der Waals surface area contributed by atoms with E-state index in [4.69, 9.17) is 23.2 Å². The molecular formula is C22H19Cl2NO2. The molecule has 0 saturated carbocycles. The Hall–Kier alpha value is -2.49. The van der Waals surface area contributed by atoms with Gasteiger partial charge in [0.05, 0.1) is 21.3 Å². The molecule has 0 aliphatic carbocycles. The van der Waals surface area contributed by atoms with E-state index in [-0.39, 0.29) is 5.56 Å². The summed E-state index contributed by atoms with van der Waals surface area (Å²) in [5.74, 6) is -0.948. The molecule has 27 heavy (non-hydrogen) atoms. The fourth-order valence-electron chi connectivity index (χ4n) is 2.93. The smallest absolute Gasteiger partial charge is 0.337 e. The number of hydrogen-bond donors (Lipinski definition) is 2. The fraction of sp³-hybridized carbons (Fsp3) is 0.136. The second-order valence-corrected chi connectivity index (χ2v) is 7.09. The van der Waals surface area contributed by atoms with Crippen LogP contribution in [0.5, 0.6) is 0 Å². The van der Waals surface area contributed by atoms with Crippen molar-refractivity contribution in [3.8, 4) is 0 Å². The van der Waals surface area contributed by atoms with Gasteiger partial charge in [-0.2, -0.15) is 0 Å². The van der Waals surface area contributed by atoms with Gasteiger partial charge in [0.25, 0.3) is 0 Å². The maximum Gasteiger partial charge on any atom is 0.337 e. The summed E-state index contributed by atoms with van der Waals surface area (Å²) in [6.07, 6.45) is 2.81. The Morgan fingerprint density at radius 2 is 1.59 bits per heavy atom. The van der Waals surface area contributed by atoms with Crippen LogP contribution in [0.15, 0.2) is 66.7 Å². The van der Waals surface area contributed by atoms with E-state index in [1.807, 2.05) is 42.5 Å². The summed E-state index contributed by atoms with van der Waals surface area (Å²) in [4.78, 5) is 11.3. The maximum atomic E-state index is 11.3. The molecule has 0 saturated heterocycles. The molecule has 0 spiro atoms. The number of rotatable bonds is 7. The average molecular weight is 400 g/mol. The summed E-state index contributed by atoms with van der Waals surface area (Å²) in [5.41, 5.74) is 4.05. The highest BCUT2D eigenvalue weighted by Gasteiger charge is 2.09. The molecule has 0 aliphatic rings. The first kappa shape index (κ1) is 19.3. The van der Waals surface area contributed by atoms with E-state index in [1.54, 1.807) is 18.2 Å². The van der Waals surface area contributed by atoms with Crippen molar-refractivity contribution in [2.75, 3.05) is 5.32 Å². The Morgan fingerprint density at radius 3 is 2.33 bits per heavy atom. The van der Waals surface area contributed by atoms with Crippen molar-refractivity contribution in [3.63, 3.8) is 0 Å². The third-order valence-electron chi connectivity index (χ3n) is 4.28. The van der Waals surface area contributed by atoms with Crippen LogP contribution in [0.25, 0.3) is 0 Å². The van der Waals surface area contributed by atoms with Gasteiger partial charge in [-0.25, -0.2) is 4.79 Å². The second-order valence-electron chi connectivity index (χ2n) is 6.28. The predicted molar refractivity (Wildman–Crippen MR) is 112 cm³/mol. The molecule has 0 fully saturated rings. The molecule has 138 valence electrons. The number of nitrogens with one attached hydrogen (secondary N) is 1. The second kappa shape index (κ2) is 8.94. The fourth-order valence-corrected chi connectivity index (χ4v) is 3.25. The molecule has 0 unspecified atom stereocenters. The number of carboxylic acid groups (broad SMARTS) is 1.